The lowest BCUT2D eigenvalue weighted by Gasteiger charge is -2.31. The number of aromatic nitrogens is 4. The van der Waals surface area contributed by atoms with Crippen LogP contribution in [0.5, 0.6) is 5.88 Å². The molecule has 2 fully saturated rings. The maximum Gasteiger partial charge on any atom is 0.223 e. The number of hydrogen-bond donors (Lipinski definition) is 0. The Bertz CT molecular complexity index is 1050. The average molecular weight is 404 g/mol. The molecule has 3 aromatic heterocycles. The summed E-state index contributed by atoms with van der Waals surface area (Å²) in [6.45, 7) is 10.3. The molecule has 0 unspecified atom stereocenters. The average Bonchev–Trinajstić information content (AvgIpc) is 3.35. The molecule has 5 rings (SSSR count). The molecule has 154 valence electrons. The molecule has 1 aliphatic carbocycles. The van der Waals surface area contributed by atoms with Gasteiger partial charge in [0.2, 0.25) is 11.6 Å². The molecule has 30 heavy (non-hydrogen) atoms. The molecule has 0 atom stereocenters. The molecule has 0 spiro atoms. The van der Waals surface area contributed by atoms with E-state index in [1.165, 1.54) is 0 Å². The van der Waals surface area contributed by atoms with Crippen molar-refractivity contribution < 1.29 is 9.47 Å². The van der Waals surface area contributed by atoms with Gasteiger partial charge in [0.25, 0.3) is 0 Å². The first-order valence-corrected chi connectivity index (χ1v) is 10.5. The molecule has 0 aromatic carbocycles. The number of ether oxygens (including phenoxy) is 2. The van der Waals surface area contributed by atoms with Crippen molar-refractivity contribution >= 4 is 22.4 Å². The number of anilines is 1. The standard InChI is InChI=1S/C22H24N6O2/c1-23-16-12-19-20(25-14-16)13-21(27-8-10-29-11-9-27)26-22(19)30-18-4-2-17(3-5-18)28-7-6-24-15-28/h6-7,12-15,17-18H,2-5,8-11H2. The SMILES string of the molecule is [C-]#[N+]c1cnc2cc(N3CCOCC3)nc(OC3CCC(n4ccnc4)CC3)c2c1. The Hall–Kier alpha value is -3.18. The van der Waals surface area contributed by atoms with Crippen LogP contribution in [0.15, 0.2) is 37.1 Å². The molecule has 1 saturated heterocycles. The van der Waals surface area contributed by atoms with Crippen molar-refractivity contribution in [2.24, 2.45) is 0 Å². The van der Waals surface area contributed by atoms with Gasteiger partial charge in [-0.2, -0.15) is 4.98 Å². The molecule has 0 radical (unpaired) electrons. The fourth-order valence-electron chi connectivity index (χ4n) is 4.28. The second kappa shape index (κ2) is 8.28. The van der Waals surface area contributed by atoms with Crippen molar-refractivity contribution in [2.45, 2.75) is 37.8 Å². The molecule has 3 aromatic rings. The van der Waals surface area contributed by atoms with Crippen LogP contribution >= 0.6 is 0 Å². The van der Waals surface area contributed by atoms with Gasteiger partial charge >= 0.3 is 0 Å². The lowest BCUT2D eigenvalue weighted by molar-refractivity contribution is 0.121. The lowest BCUT2D eigenvalue weighted by atomic mass is 9.93. The number of pyridine rings is 2. The molecule has 1 aliphatic heterocycles. The van der Waals surface area contributed by atoms with Crippen molar-refractivity contribution in [3.8, 4) is 5.88 Å². The Kier molecular flexibility index (Phi) is 5.20. The minimum Gasteiger partial charge on any atom is -0.474 e. The lowest BCUT2D eigenvalue weighted by Crippen LogP contribution is -2.36. The predicted octanol–water partition coefficient (Wildman–Crippen LogP) is 3.78. The number of nitrogens with zero attached hydrogens (tertiary/aromatic N) is 6. The van der Waals surface area contributed by atoms with E-state index in [1.54, 1.807) is 6.20 Å². The molecule has 1 saturated carbocycles. The maximum atomic E-state index is 7.33. The van der Waals surface area contributed by atoms with Crippen LogP contribution in [-0.2, 0) is 4.74 Å². The fraction of sp³-hybridized carbons (Fsp3) is 0.455. The summed E-state index contributed by atoms with van der Waals surface area (Å²) in [5.74, 6) is 1.44. The summed E-state index contributed by atoms with van der Waals surface area (Å²) in [7, 11) is 0. The molecule has 8 nitrogen and oxygen atoms in total. The fourth-order valence-corrected chi connectivity index (χ4v) is 4.28. The van der Waals surface area contributed by atoms with Crippen molar-refractivity contribution in [1.82, 2.24) is 19.5 Å². The van der Waals surface area contributed by atoms with E-state index in [9.17, 15) is 0 Å². The first-order valence-electron chi connectivity index (χ1n) is 10.5. The molecule has 4 heterocycles. The summed E-state index contributed by atoms with van der Waals surface area (Å²) in [4.78, 5) is 19.3. The van der Waals surface area contributed by atoms with Gasteiger partial charge in [-0.1, -0.05) is 0 Å². The first kappa shape index (κ1) is 18.8. The molecule has 2 aliphatic rings. The number of hydrogen-bond acceptors (Lipinski definition) is 6. The van der Waals surface area contributed by atoms with Crippen molar-refractivity contribution in [3.05, 3.63) is 48.5 Å². The number of fused-ring (bicyclic) bond motifs is 1. The highest BCUT2D eigenvalue weighted by molar-refractivity contribution is 5.88. The molecular formula is C22H24N6O2. The Labute approximate surface area is 175 Å². The summed E-state index contributed by atoms with van der Waals surface area (Å²) >= 11 is 0. The van der Waals surface area contributed by atoms with Crippen LogP contribution in [0.1, 0.15) is 31.7 Å². The second-order valence-corrected chi connectivity index (χ2v) is 7.82. The highest BCUT2D eigenvalue weighted by Gasteiger charge is 2.25. The third-order valence-electron chi connectivity index (χ3n) is 5.95. The zero-order valence-corrected chi connectivity index (χ0v) is 16.8. The van der Waals surface area contributed by atoms with Gasteiger partial charge in [0.1, 0.15) is 11.9 Å². The van der Waals surface area contributed by atoms with E-state index in [-0.39, 0.29) is 6.10 Å². The Morgan fingerprint density at radius 2 is 1.97 bits per heavy atom. The third-order valence-corrected chi connectivity index (χ3v) is 5.95. The van der Waals surface area contributed by atoms with E-state index in [2.05, 4.69) is 24.3 Å². The summed E-state index contributed by atoms with van der Waals surface area (Å²) in [6.07, 6.45) is 11.5. The van der Waals surface area contributed by atoms with E-state index in [1.807, 2.05) is 30.9 Å². The van der Waals surface area contributed by atoms with Gasteiger partial charge < -0.3 is 18.9 Å². The van der Waals surface area contributed by atoms with Crippen molar-refractivity contribution in [3.63, 3.8) is 0 Å². The van der Waals surface area contributed by atoms with Crippen LogP contribution < -0.4 is 9.64 Å². The highest BCUT2D eigenvalue weighted by atomic mass is 16.5. The summed E-state index contributed by atoms with van der Waals surface area (Å²) in [5.41, 5.74) is 1.30. The van der Waals surface area contributed by atoms with Crippen LogP contribution in [-0.4, -0.2) is 51.9 Å². The first-order chi connectivity index (χ1) is 14.8. The smallest absolute Gasteiger partial charge is 0.223 e. The summed E-state index contributed by atoms with van der Waals surface area (Å²) in [5, 5.41) is 0.803. The quantitative estimate of drug-likeness (QED) is 0.617. The number of imidazole rings is 1. The van der Waals surface area contributed by atoms with E-state index in [0.717, 1.165) is 55.5 Å². The van der Waals surface area contributed by atoms with Crippen LogP contribution in [0.3, 0.4) is 0 Å². The van der Waals surface area contributed by atoms with Gasteiger partial charge in [-0.25, -0.2) is 9.83 Å². The largest absolute Gasteiger partial charge is 0.474 e. The van der Waals surface area contributed by atoms with Crippen LogP contribution in [0.25, 0.3) is 15.7 Å². The van der Waals surface area contributed by atoms with Gasteiger partial charge in [0.05, 0.1) is 37.0 Å². The van der Waals surface area contributed by atoms with Crippen molar-refractivity contribution in [1.29, 1.82) is 0 Å². The van der Waals surface area contributed by atoms with Crippen LogP contribution in [0.4, 0.5) is 11.5 Å². The summed E-state index contributed by atoms with van der Waals surface area (Å²) < 4.78 is 14.1. The molecule has 0 amide bonds. The zero-order chi connectivity index (χ0) is 20.3. The minimum absolute atomic E-state index is 0.108. The Balaban J connectivity index is 1.41. The number of morpholine rings is 1. The van der Waals surface area contributed by atoms with E-state index < -0.39 is 0 Å². The number of rotatable bonds is 4. The maximum absolute atomic E-state index is 7.33. The van der Waals surface area contributed by atoms with Gasteiger partial charge in [-0.3, -0.25) is 4.98 Å². The molecule has 8 heteroatoms. The zero-order valence-electron chi connectivity index (χ0n) is 16.8. The van der Waals surface area contributed by atoms with Gasteiger partial charge in [-0.15, -0.1) is 0 Å². The van der Waals surface area contributed by atoms with Gasteiger partial charge in [0, 0.05) is 43.8 Å². The Morgan fingerprint density at radius 1 is 1.13 bits per heavy atom. The van der Waals surface area contributed by atoms with Gasteiger partial charge in [-0.05, 0) is 31.7 Å². The van der Waals surface area contributed by atoms with Crippen LogP contribution in [0, 0.1) is 6.57 Å². The molecular weight excluding hydrogens is 380 g/mol. The predicted molar refractivity (Wildman–Crippen MR) is 113 cm³/mol. The summed E-state index contributed by atoms with van der Waals surface area (Å²) in [6, 6.07) is 4.29. The Morgan fingerprint density at radius 3 is 2.70 bits per heavy atom. The molecule has 0 bridgehead atoms. The van der Waals surface area contributed by atoms with Crippen LogP contribution in [0.2, 0.25) is 0 Å². The van der Waals surface area contributed by atoms with E-state index in [4.69, 9.17) is 21.0 Å². The topological polar surface area (TPSA) is 69.7 Å². The van der Waals surface area contributed by atoms with E-state index in [0.29, 0.717) is 30.8 Å². The molecule has 0 N–H and O–H groups in total. The van der Waals surface area contributed by atoms with Gasteiger partial charge in [0.15, 0.2) is 0 Å². The minimum atomic E-state index is 0.108. The normalized spacial score (nSPS) is 22.0. The monoisotopic (exact) mass is 404 g/mol. The second-order valence-electron chi connectivity index (χ2n) is 7.82. The van der Waals surface area contributed by atoms with Crippen molar-refractivity contribution in [2.75, 3.05) is 31.2 Å². The third kappa shape index (κ3) is 3.81. The highest BCUT2D eigenvalue weighted by Crippen LogP contribution is 2.35. The van der Waals surface area contributed by atoms with E-state index >= 15 is 0 Å².